The Hall–Kier alpha value is -1.39. The molecule has 2 rings (SSSR count). The summed E-state index contributed by atoms with van der Waals surface area (Å²) in [5.41, 5.74) is 1.31. The minimum Gasteiger partial charge on any atom is -0.379 e. The van der Waals surface area contributed by atoms with Gasteiger partial charge in [-0.2, -0.15) is 0 Å². The minimum absolute atomic E-state index is 0.183. The molecule has 22 heavy (non-hydrogen) atoms. The van der Waals surface area contributed by atoms with Gasteiger partial charge in [0, 0.05) is 26.1 Å². The van der Waals surface area contributed by atoms with Crippen molar-refractivity contribution in [2.24, 2.45) is 0 Å². The van der Waals surface area contributed by atoms with Gasteiger partial charge in [-0.25, -0.2) is 0 Å². The molecule has 0 unspecified atom stereocenters. The molecule has 4 heteroatoms. The van der Waals surface area contributed by atoms with Crippen LogP contribution in [0.2, 0.25) is 0 Å². The molecular formula is C18H28N2O2. The number of amides is 1. The maximum Gasteiger partial charge on any atom is 0.220 e. The summed E-state index contributed by atoms with van der Waals surface area (Å²) < 4.78 is 5.33. The smallest absolute Gasteiger partial charge is 0.220 e. The summed E-state index contributed by atoms with van der Waals surface area (Å²) in [5, 5.41) is 3.02. The van der Waals surface area contributed by atoms with E-state index in [-0.39, 0.29) is 5.91 Å². The second kappa shape index (κ2) is 10.4. The van der Waals surface area contributed by atoms with E-state index in [0.29, 0.717) is 6.42 Å². The zero-order valence-corrected chi connectivity index (χ0v) is 13.4. The molecule has 1 fully saturated rings. The van der Waals surface area contributed by atoms with Crippen molar-refractivity contribution in [3.63, 3.8) is 0 Å². The number of morpholine rings is 1. The van der Waals surface area contributed by atoms with E-state index in [0.717, 1.165) is 65.1 Å². The SMILES string of the molecule is O=C(CCCc1ccccc1)NCCCCN1CCOCC1. The van der Waals surface area contributed by atoms with Crippen LogP contribution in [-0.2, 0) is 16.0 Å². The van der Waals surface area contributed by atoms with E-state index in [1.54, 1.807) is 0 Å². The van der Waals surface area contributed by atoms with Gasteiger partial charge in [0.05, 0.1) is 13.2 Å². The Kier molecular flexibility index (Phi) is 7.99. The third-order valence-corrected chi connectivity index (χ3v) is 4.04. The molecule has 122 valence electrons. The van der Waals surface area contributed by atoms with Crippen molar-refractivity contribution < 1.29 is 9.53 Å². The molecule has 1 aromatic rings. The second-order valence-electron chi connectivity index (χ2n) is 5.85. The van der Waals surface area contributed by atoms with E-state index in [4.69, 9.17) is 4.74 Å². The Labute approximate surface area is 133 Å². The molecule has 0 spiro atoms. The quantitative estimate of drug-likeness (QED) is 0.711. The van der Waals surface area contributed by atoms with Crippen molar-refractivity contribution in [3.05, 3.63) is 35.9 Å². The van der Waals surface area contributed by atoms with E-state index in [1.165, 1.54) is 5.56 Å². The van der Waals surface area contributed by atoms with Gasteiger partial charge in [-0.05, 0) is 37.8 Å². The fourth-order valence-electron chi connectivity index (χ4n) is 2.70. The number of aryl methyl sites for hydroxylation is 1. The fraction of sp³-hybridized carbons (Fsp3) is 0.611. The van der Waals surface area contributed by atoms with E-state index in [2.05, 4.69) is 22.3 Å². The molecule has 0 aliphatic carbocycles. The second-order valence-corrected chi connectivity index (χ2v) is 5.85. The number of benzene rings is 1. The summed E-state index contributed by atoms with van der Waals surface area (Å²) in [6.07, 6.45) is 4.72. The zero-order valence-electron chi connectivity index (χ0n) is 13.4. The van der Waals surface area contributed by atoms with Crippen LogP contribution in [0.25, 0.3) is 0 Å². The fourth-order valence-corrected chi connectivity index (χ4v) is 2.70. The van der Waals surface area contributed by atoms with Crippen molar-refractivity contribution in [2.75, 3.05) is 39.4 Å². The van der Waals surface area contributed by atoms with Crippen molar-refractivity contribution in [1.82, 2.24) is 10.2 Å². The molecule has 0 bridgehead atoms. The lowest BCUT2D eigenvalue weighted by atomic mass is 10.1. The number of nitrogens with one attached hydrogen (secondary N) is 1. The molecule has 1 amide bonds. The highest BCUT2D eigenvalue weighted by Crippen LogP contribution is 2.04. The van der Waals surface area contributed by atoms with Gasteiger partial charge in [0.15, 0.2) is 0 Å². The number of carbonyl (C=O) groups excluding carboxylic acids is 1. The molecule has 1 heterocycles. The largest absolute Gasteiger partial charge is 0.379 e. The third-order valence-electron chi connectivity index (χ3n) is 4.04. The van der Waals surface area contributed by atoms with Gasteiger partial charge in [0.2, 0.25) is 5.91 Å². The van der Waals surface area contributed by atoms with Crippen LogP contribution in [0.5, 0.6) is 0 Å². The standard InChI is InChI=1S/C18H28N2O2/c21-18(10-6-9-17-7-2-1-3-8-17)19-11-4-5-12-20-13-15-22-16-14-20/h1-3,7-8H,4-6,9-16H2,(H,19,21). The Morgan fingerprint density at radius 3 is 2.64 bits per heavy atom. The van der Waals surface area contributed by atoms with E-state index in [9.17, 15) is 4.79 Å². The molecule has 1 saturated heterocycles. The van der Waals surface area contributed by atoms with Gasteiger partial charge in [-0.1, -0.05) is 30.3 Å². The highest BCUT2D eigenvalue weighted by Gasteiger charge is 2.09. The maximum absolute atomic E-state index is 11.8. The zero-order chi connectivity index (χ0) is 15.5. The summed E-state index contributed by atoms with van der Waals surface area (Å²) in [6.45, 7) is 5.73. The van der Waals surface area contributed by atoms with Gasteiger partial charge in [-0.3, -0.25) is 9.69 Å². The number of carbonyl (C=O) groups is 1. The summed E-state index contributed by atoms with van der Waals surface area (Å²) in [6, 6.07) is 10.3. The van der Waals surface area contributed by atoms with Crippen molar-refractivity contribution in [2.45, 2.75) is 32.1 Å². The van der Waals surface area contributed by atoms with Crippen molar-refractivity contribution in [3.8, 4) is 0 Å². The van der Waals surface area contributed by atoms with Gasteiger partial charge in [0.1, 0.15) is 0 Å². The molecule has 0 radical (unpaired) electrons. The highest BCUT2D eigenvalue weighted by molar-refractivity contribution is 5.75. The number of unbranched alkanes of at least 4 members (excludes halogenated alkanes) is 1. The Bertz CT molecular complexity index is 416. The summed E-state index contributed by atoms with van der Waals surface area (Å²) in [7, 11) is 0. The predicted molar refractivity (Wildman–Crippen MR) is 88.9 cm³/mol. The van der Waals surface area contributed by atoms with Crippen LogP contribution in [0.15, 0.2) is 30.3 Å². The van der Waals surface area contributed by atoms with Crippen LogP contribution >= 0.6 is 0 Å². The predicted octanol–water partition coefficient (Wildman–Crippen LogP) is 2.24. The van der Waals surface area contributed by atoms with Crippen LogP contribution in [0.1, 0.15) is 31.2 Å². The molecule has 0 atom stereocenters. The average Bonchev–Trinajstić information content (AvgIpc) is 2.56. The lowest BCUT2D eigenvalue weighted by Gasteiger charge is -2.26. The van der Waals surface area contributed by atoms with E-state index >= 15 is 0 Å². The minimum atomic E-state index is 0.183. The number of hydrogen-bond acceptors (Lipinski definition) is 3. The Balaban J connectivity index is 1.44. The Morgan fingerprint density at radius 2 is 1.86 bits per heavy atom. The lowest BCUT2D eigenvalue weighted by molar-refractivity contribution is -0.121. The van der Waals surface area contributed by atoms with Crippen LogP contribution < -0.4 is 5.32 Å². The van der Waals surface area contributed by atoms with Gasteiger partial charge in [0.25, 0.3) is 0 Å². The van der Waals surface area contributed by atoms with Crippen LogP contribution in [0, 0.1) is 0 Å². The number of rotatable bonds is 9. The molecule has 1 aromatic carbocycles. The van der Waals surface area contributed by atoms with Crippen molar-refractivity contribution in [1.29, 1.82) is 0 Å². The number of ether oxygens (including phenoxy) is 1. The molecular weight excluding hydrogens is 276 g/mol. The molecule has 1 aliphatic heterocycles. The lowest BCUT2D eigenvalue weighted by Crippen LogP contribution is -2.37. The maximum atomic E-state index is 11.8. The summed E-state index contributed by atoms with van der Waals surface area (Å²) in [4.78, 5) is 14.2. The molecule has 1 N–H and O–H groups in total. The number of nitrogens with zero attached hydrogens (tertiary/aromatic N) is 1. The average molecular weight is 304 g/mol. The Morgan fingerprint density at radius 1 is 1.09 bits per heavy atom. The first-order chi connectivity index (χ1) is 10.8. The van der Waals surface area contributed by atoms with Crippen LogP contribution in [0.3, 0.4) is 0 Å². The molecule has 4 nitrogen and oxygen atoms in total. The first-order valence-electron chi connectivity index (χ1n) is 8.45. The van der Waals surface area contributed by atoms with E-state index < -0.39 is 0 Å². The summed E-state index contributed by atoms with van der Waals surface area (Å²) in [5.74, 6) is 0.183. The van der Waals surface area contributed by atoms with E-state index in [1.807, 2.05) is 18.2 Å². The topological polar surface area (TPSA) is 41.6 Å². The monoisotopic (exact) mass is 304 g/mol. The highest BCUT2D eigenvalue weighted by atomic mass is 16.5. The normalized spacial score (nSPS) is 15.6. The molecule has 0 saturated carbocycles. The first-order valence-corrected chi connectivity index (χ1v) is 8.45. The first kappa shape index (κ1) is 17.0. The van der Waals surface area contributed by atoms with Crippen LogP contribution in [-0.4, -0.2) is 50.2 Å². The van der Waals surface area contributed by atoms with Crippen LogP contribution in [0.4, 0.5) is 0 Å². The summed E-state index contributed by atoms with van der Waals surface area (Å²) >= 11 is 0. The third kappa shape index (κ3) is 7.05. The van der Waals surface area contributed by atoms with Gasteiger partial charge >= 0.3 is 0 Å². The van der Waals surface area contributed by atoms with Gasteiger partial charge in [-0.15, -0.1) is 0 Å². The van der Waals surface area contributed by atoms with Gasteiger partial charge < -0.3 is 10.1 Å². The molecule has 1 aliphatic rings. The number of hydrogen-bond donors (Lipinski definition) is 1. The van der Waals surface area contributed by atoms with Crippen molar-refractivity contribution >= 4 is 5.91 Å². The molecule has 0 aromatic heterocycles.